The highest BCUT2D eigenvalue weighted by atomic mass is 16.6. The fourth-order valence-corrected chi connectivity index (χ4v) is 1.53. The Balaban J connectivity index is 2.35. The molecule has 0 fully saturated rings. The Bertz CT molecular complexity index is 335. The molecule has 0 aliphatic carbocycles. The normalized spacial score (nSPS) is 12.1. The Morgan fingerprint density at radius 2 is 1.94 bits per heavy atom. The summed E-state index contributed by atoms with van der Waals surface area (Å²) < 4.78 is 10.8. The van der Waals surface area contributed by atoms with Crippen LogP contribution in [0.25, 0.3) is 0 Å². The molecular formula is C15H22O3. The molecule has 1 aromatic rings. The van der Waals surface area contributed by atoms with E-state index in [1.54, 1.807) is 0 Å². The Morgan fingerprint density at radius 1 is 1.22 bits per heavy atom. The van der Waals surface area contributed by atoms with Crippen LogP contribution in [0, 0.1) is 0 Å². The van der Waals surface area contributed by atoms with E-state index in [0.717, 1.165) is 18.4 Å². The highest BCUT2D eigenvalue weighted by Gasteiger charge is 2.18. The number of carbonyl (C=O) groups excluding carboxylic acids is 1. The van der Waals surface area contributed by atoms with E-state index in [-0.39, 0.29) is 5.97 Å². The zero-order valence-corrected chi connectivity index (χ0v) is 11.2. The zero-order valence-electron chi connectivity index (χ0n) is 11.2. The molecule has 18 heavy (non-hydrogen) atoms. The van der Waals surface area contributed by atoms with E-state index in [4.69, 9.17) is 9.47 Å². The maximum atomic E-state index is 11.7. The van der Waals surface area contributed by atoms with E-state index in [1.165, 1.54) is 0 Å². The highest BCUT2D eigenvalue weighted by Crippen LogP contribution is 2.07. The van der Waals surface area contributed by atoms with Crippen LogP contribution in [-0.2, 0) is 20.9 Å². The van der Waals surface area contributed by atoms with Gasteiger partial charge in [-0.25, -0.2) is 4.79 Å². The molecule has 0 saturated heterocycles. The van der Waals surface area contributed by atoms with Crippen LogP contribution in [0.5, 0.6) is 0 Å². The fraction of sp³-hybridized carbons (Fsp3) is 0.533. The summed E-state index contributed by atoms with van der Waals surface area (Å²) in [6.07, 6.45) is 2.11. The predicted octanol–water partition coefficient (Wildman–Crippen LogP) is 3.33. The van der Waals surface area contributed by atoms with Crippen LogP contribution in [0.2, 0.25) is 0 Å². The summed E-state index contributed by atoms with van der Waals surface area (Å²) in [5.74, 6) is -0.248. The molecule has 0 spiro atoms. The SMILES string of the molecule is CCCCOC(=O)C(CC)OCc1ccccc1. The van der Waals surface area contributed by atoms with Crippen LogP contribution in [0.1, 0.15) is 38.7 Å². The van der Waals surface area contributed by atoms with E-state index in [0.29, 0.717) is 19.6 Å². The summed E-state index contributed by atoms with van der Waals surface area (Å²) in [6.45, 7) is 4.93. The van der Waals surface area contributed by atoms with E-state index in [2.05, 4.69) is 6.92 Å². The molecule has 0 saturated carbocycles. The molecule has 1 atom stereocenters. The summed E-state index contributed by atoms with van der Waals surface area (Å²) >= 11 is 0. The molecule has 1 aromatic carbocycles. The maximum absolute atomic E-state index is 11.7. The van der Waals surface area contributed by atoms with Crippen LogP contribution in [0.4, 0.5) is 0 Å². The molecule has 0 aliphatic rings. The fourth-order valence-electron chi connectivity index (χ4n) is 1.53. The first kappa shape index (κ1) is 14.7. The van der Waals surface area contributed by atoms with Gasteiger partial charge in [-0.05, 0) is 18.4 Å². The number of esters is 1. The molecular weight excluding hydrogens is 228 g/mol. The maximum Gasteiger partial charge on any atom is 0.335 e. The van der Waals surface area contributed by atoms with Gasteiger partial charge in [-0.2, -0.15) is 0 Å². The minimum Gasteiger partial charge on any atom is -0.464 e. The Hall–Kier alpha value is -1.35. The minimum absolute atomic E-state index is 0.248. The molecule has 1 rings (SSSR count). The molecule has 0 radical (unpaired) electrons. The van der Waals surface area contributed by atoms with Gasteiger partial charge in [0.25, 0.3) is 0 Å². The summed E-state index contributed by atoms with van der Waals surface area (Å²) in [5, 5.41) is 0. The van der Waals surface area contributed by atoms with Gasteiger partial charge in [-0.3, -0.25) is 0 Å². The lowest BCUT2D eigenvalue weighted by Gasteiger charge is -2.15. The number of unbranched alkanes of at least 4 members (excludes halogenated alkanes) is 1. The number of rotatable bonds is 8. The van der Waals surface area contributed by atoms with E-state index in [1.807, 2.05) is 37.3 Å². The van der Waals surface area contributed by atoms with Gasteiger partial charge in [-0.1, -0.05) is 50.6 Å². The molecule has 0 bridgehead atoms. The molecule has 1 unspecified atom stereocenters. The second-order valence-corrected chi connectivity index (χ2v) is 4.21. The van der Waals surface area contributed by atoms with Gasteiger partial charge in [0.1, 0.15) is 0 Å². The van der Waals surface area contributed by atoms with Gasteiger partial charge >= 0.3 is 5.97 Å². The van der Waals surface area contributed by atoms with Crippen LogP contribution < -0.4 is 0 Å². The summed E-state index contributed by atoms with van der Waals surface area (Å²) in [7, 11) is 0. The number of benzene rings is 1. The third-order valence-corrected chi connectivity index (χ3v) is 2.67. The van der Waals surface area contributed by atoms with Crippen LogP contribution in [0.15, 0.2) is 30.3 Å². The lowest BCUT2D eigenvalue weighted by Crippen LogP contribution is -2.26. The molecule has 0 N–H and O–H groups in total. The molecule has 0 aromatic heterocycles. The van der Waals surface area contributed by atoms with Crippen molar-refractivity contribution in [2.24, 2.45) is 0 Å². The van der Waals surface area contributed by atoms with Gasteiger partial charge < -0.3 is 9.47 Å². The standard InChI is InChI=1S/C15H22O3/c1-3-5-11-17-15(16)14(4-2)18-12-13-9-7-6-8-10-13/h6-10,14H,3-5,11-12H2,1-2H3. The van der Waals surface area contributed by atoms with Crippen molar-refractivity contribution in [2.45, 2.75) is 45.8 Å². The van der Waals surface area contributed by atoms with Crippen LogP contribution in [-0.4, -0.2) is 18.7 Å². The van der Waals surface area contributed by atoms with Crippen molar-refractivity contribution < 1.29 is 14.3 Å². The topological polar surface area (TPSA) is 35.5 Å². The van der Waals surface area contributed by atoms with Crippen molar-refractivity contribution in [2.75, 3.05) is 6.61 Å². The molecule has 3 nitrogen and oxygen atoms in total. The van der Waals surface area contributed by atoms with Crippen molar-refractivity contribution in [1.82, 2.24) is 0 Å². The first-order valence-corrected chi connectivity index (χ1v) is 6.60. The van der Waals surface area contributed by atoms with Crippen LogP contribution in [0.3, 0.4) is 0 Å². The lowest BCUT2D eigenvalue weighted by molar-refractivity contribution is -0.158. The number of ether oxygens (including phenoxy) is 2. The van der Waals surface area contributed by atoms with E-state index >= 15 is 0 Å². The molecule has 0 amide bonds. The van der Waals surface area contributed by atoms with Gasteiger partial charge in [-0.15, -0.1) is 0 Å². The number of hydrogen-bond acceptors (Lipinski definition) is 3. The predicted molar refractivity (Wildman–Crippen MR) is 71.2 cm³/mol. The largest absolute Gasteiger partial charge is 0.464 e. The molecule has 0 heterocycles. The Labute approximate surface area is 109 Å². The van der Waals surface area contributed by atoms with Crippen molar-refractivity contribution >= 4 is 5.97 Å². The van der Waals surface area contributed by atoms with Crippen molar-refractivity contribution in [3.8, 4) is 0 Å². The van der Waals surface area contributed by atoms with Gasteiger partial charge in [0, 0.05) is 0 Å². The quantitative estimate of drug-likeness (QED) is 0.524. The van der Waals surface area contributed by atoms with E-state index in [9.17, 15) is 4.79 Å². The third kappa shape index (κ3) is 5.32. The van der Waals surface area contributed by atoms with Gasteiger partial charge in [0.05, 0.1) is 13.2 Å². The first-order valence-electron chi connectivity index (χ1n) is 6.60. The average Bonchev–Trinajstić information content (AvgIpc) is 2.41. The zero-order chi connectivity index (χ0) is 13.2. The van der Waals surface area contributed by atoms with Crippen molar-refractivity contribution in [1.29, 1.82) is 0 Å². The number of hydrogen-bond donors (Lipinski definition) is 0. The first-order chi connectivity index (χ1) is 8.77. The second kappa shape index (κ2) is 8.70. The molecule has 3 heteroatoms. The van der Waals surface area contributed by atoms with Gasteiger partial charge in [0.2, 0.25) is 0 Å². The summed E-state index contributed by atoms with van der Waals surface area (Å²) in [5.41, 5.74) is 1.07. The van der Waals surface area contributed by atoms with E-state index < -0.39 is 6.10 Å². The van der Waals surface area contributed by atoms with Crippen molar-refractivity contribution in [3.05, 3.63) is 35.9 Å². The number of carbonyl (C=O) groups is 1. The average molecular weight is 250 g/mol. The Morgan fingerprint density at radius 3 is 2.56 bits per heavy atom. The highest BCUT2D eigenvalue weighted by molar-refractivity contribution is 5.74. The summed E-state index contributed by atoms with van der Waals surface area (Å²) in [6, 6.07) is 9.84. The minimum atomic E-state index is -0.456. The van der Waals surface area contributed by atoms with Crippen molar-refractivity contribution in [3.63, 3.8) is 0 Å². The monoisotopic (exact) mass is 250 g/mol. The summed E-state index contributed by atoms with van der Waals surface area (Å²) in [4.78, 5) is 11.7. The van der Waals surface area contributed by atoms with Gasteiger partial charge in [0.15, 0.2) is 6.10 Å². The lowest BCUT2D eigenvalue weighted by atomic mass is 10.2. The Kier molecular flexibility index (Phi) is 7.11. The molecule has 0 aliphatic heterocycles. The third-order valence-electron chi connectivity index (χ3n) is 2.67. The molecule has 100 valence electrons. The van der Waals surface area contributed by atoms with Crippen LogP contribution >= 0.6 is 0 Å². The second-order valence-electron chi connectivity index (χ2n) is 4.21. The smallest absolute Gasteiger partial charge is 0.335 e.